The number of halogens is 2. The van der Waals surface area contributed by atoms with Gasteiger partial charge in [-0.1, -0.05) is 13.8 Å². The highest BCUT2D eigenvalue weighted by molar-refractivity contribution is 5.60. The van der Waals surface area contributed by atoms with Crippen molar-refractivity contribution in [3.8, 4) is 0 Å². The lowest BCUT2D eigenvalue weighted by Gasteiger charge is -2.11. The quantitative estimate of drug-likeness (QED) is 0.631. The minimum absolute atomic E-state index is 0.0971. The van der Waals surface area contributed by atoms with Crippen LogP contribution in [0.5, 0.6) is 0 Å². The zero-order valence-corrected chi connectivity index (χ0v) is 8.46. The SMILES string of the molecule is CCCC(F)OC(=O)OC(F)CCC. The zero-order chi connectivity index (χ0) is 11.0. The fourth-order valence-electron chi connectivity index (χ4n) is 0.808. The Labute approximate surface area is 82.4 Å². The first-order valence-electron chi connectivity index (χ1n) is 4.75. The van der Waals surface area contributed by atoms with Crippen LogP contribution in [-0.4, -0.2) is 18.9 Å². The van der Waals surface area contributed by atoms with Gasteiger partial charge in [-0.2, -0.15) is 0 Å². The van der Waals surface area contributed by atoms with Crippen molar-refractivity contribution in [3.63, 3.8) is 0 Å². The van der Waals surface area contributed by atoms with Crippen LogP contribution < -0.4 is 0 Å². The Kier molecular flexibility index (Phi) is 7.06. The number of hydrogen-bond donors (Lipinski definition) is 0. The van der Waals surface area contributed by atoms with Crippen molar-refractivity contribution >= 4 is 6.16 Å². The summed E-state index contributed by atoms with van der Waals surface area (Å²) in [5, 5.41) is 0. The fraction of sp³-hybridized carbons (Fsp3) is 0.889. The second-order valence-electron chi connectivity index (χ2n) is 2.88. The lowest BCUT2D eigenvalue weighted by atomic mass is 10.3. The van der Waals surface area contributed by atoms with Crippen molar-refractivity contribution in [2.24, 2.45) is 0 Å². The Hall–Kier alpha value is -0.870. The van der Waals surface area contributed by atoms with E-state index in [-0.39, 0.29) is 12.8 Å². The summed E-state index contributed by atoms with van der Waals surface area (Å²) < 4.78 is 33.6. The first-order valence-corrected chi connectivity index (χ1v) is 4.75. The van der Waals surface area contributed by atoms with Crippen LogP contribution >= 0.6 is 0 Å². The van der Waals surface area contributed by atoms with Crippen LogP contribution in [0.2, 0.25) is 0 Å². The molecule has 0 heterocycles. The molecule has 0 aromatic rings. The molecule has 0 radical (unpaired) electrons. The standard InChI is InChI=1S/C9H16F2O3/c1-3-5-7(10)13-9(12)14-8(11)6-4-2/h7-8H,3-6H2,1-2H3. The molecule has 14 heavy (non-hydrogen) atoms. The number of carbonyl (C=O) groups excluding carboxylic acids is 1. The van der Waals surface area contributed by atoms with Gasteiger partial charge in [0.25, 0.3) is 0 Å². The number of ether oxygens (including phenoxy) is 2. The Morgan fingerprint density at radius 3 is 1.71 bits per heavy atom. The average Bonchev–Trinajstić information content (AvgIpc) is 2.03. The third-order valence-electron chi connectivity index (χ3n) is 1.48. The zero-order valence-electron chi connectivity index (χ0n) is 8.46. The molecule has 2 unspecified atom stereocenters. The molecule has 5 heteroatoms. The fourth-order valence-corrected chi connectivity index (χ4v) is 0.808. The molecule has 0 amide bonds. The summed E-state index contributed by atoms with van der Waals surface area (Å²) in [6, 6.07) is 0. The van der Waals surface area contributed by atoms with Gasteiger partial charge in [-0.05, 0) is 12.8 Å². The second kappa shape index (κ2) is 7.53. The molecule has 2 atom stereocenters. The molecule has 0 N–H and O–H groups in total. The van der Waals surface area contributed by atoms with Gasteiger partial charge in [0.1, 0.15) is 0 Å². The van der Waals surface area contributed by atoms with E-state index in [4.69, 9.17) is 0 Å². The van der Waals surface area contributed by atoms with Gasteiger partial charge in [0.05, 0.1) is 0 Å². The van der Waals surface area contributed by atoms with E-state index in [1.54, 1.807) is 13.8 Å². The Balaban J connectivity index is 3.63. The summed E-state index contributed by atoms with van der Waals surface area (Å²) >= 11 is 0. The molecule has 84 valence electrons. The maximum Gasteiger partial charge on any atom is 0.513 e. The number of alkyl halides is 2. The Bertz CT molecular complexity index is 148. The topological polar surface area (TPSA) is 35.5 Å². The molecule has 0 aliphatic carbocycles. The van der Waals surface area contributed by atoms with Crippen LogP contribution in [0.25, 0.3) is 0 Å². The molecule has 0 rings (SSSR count). The molecule has 0 bridgehead atoms. The van der Waals surface area contributed by atoms with E-state index in [2.05, 4.69) is 9.47 Å². The van der Waals surface area contributed by atoms with E-state index in [9.17, 15) is 13.6 Å². The average molecular weight is 210 g/mol. The highest BCUT2D eigenvalue weighted by atomic mass is 19.2. The monoisotopic (exact) mass is 210 g/mol. The van der Waals surface area contributed by atoms with E-state index in [0.29, 0.717) is 12.8 Å². The maximum absolute atomic E-state index is 12.6. The van der Waals surface area contributed by atoms with Gasteiger partial charge in [-0.25, -0.2) is 13.6 Å². The van der Waals surface area contributed by atoms with Crippen LogP contribution in [-0.2, 0) is 9.47 Å². The molecule has 0 aliphatic rings. The Morgan fingerprint density at radius 1 is 1.07 bits per heavy atom. The number of carbonyl (C=O) groups is 1. The molecule has 0 fully saturated rings. The Morgan fingerprint density at radius 2 is 1.43 bits per heavy atom. The van der Waals surface area contributed by atoms with Crippen LogP contribution in [0.1, 0.15) is 39.5 Å². The predicted molar refractivity (Wildman–Crippen MR) is 47.2 cm³/mol. The van der Waals surface area contributed by atoms with Crippen LogP contribution in [0.4, 0.5) is 13.6 Å². The summed E-state index contributed by atoms with van der Waals surface area (Å²) in [7, 11) is 0. The van der Waals surface area contributed by atoms with Gasteiger partial charge in [0.2, 0.25) is 12.7 Å². The van der Waals surface area contributed by atoms with Crippen molar-refractivity contribution < 1.29 is 23.0 Å². The highest BCUT2D eigenvalue weighted by Gasteiger charge is 2.17. The van der Waals surface area contributed by atoms with E-state index in [0.717, 1.165) is 0 Å². The van der Waals surface area contributed by atoms with Crippen molar-refractivity contribution in [3.05, 3.63) is 0 Å². The summed E-state index contributed by atoms with van der Waals surface area (Å²) in [5.41, 5.74) is 0. The van der Waals surface area contributed by atoms with Gasteiger partial charge in [-0.3, -0.25) is 0 Å². The van der Waals surface area contributed by atoms with Crippen molar-refractivity contribution in [2.45, 2.75) is 52.2 Å². The highest BCUT2D eigenvalue weighted by Crippen LogP contribution is 2.08. The van der Waals surface area contributed by atoms with Crippen LogP contribution in [0, 0.1) is 0 Å². The molecular weight excluding hydrogens is 194 g/mol. The van der Waals surface area contributed by atoms with E-state index < -0.39 is 18.9 Å². The lowest BCUT2D eigenvalue weighted by molar-refractivity contribution is -0.0776. The first-order chi connectivity index (χ1) is 6.60. The van der Waals surface area contributed by atoms with Gasteiger partial charge in [-0.15, -0.1) is 0 Å². The predicted octanol–water partition coefficient (Wildman–Crippen LogP) is 3.33. The molecule has 0 aliphatic heterocycles. The normalized spacial score (nSPS) is 14.6. The lowest BCUT2D eigenvalue weighted by Crippen LogP contribution is -2.19. The van der Waals surface area contributed by atoms with E-state index in [1.165, 1.54) is 0 Å². The largest absolute Gasteiger partial charge is 0.513 e. The van der Waals surface area contributed by atoms with Gasteiger partial charge in [0.15, 0.2) is 0 Å². The summed E-state index contributed by atoms with van der Waals surface area (Å²) in [5.74, 6) is 0. The smallest absolute Gasteiger partial charge is 0.400 e. The molecule has 0 aromatic heterocycles. The minimum atomic E-state index is -1.71. The van der Waals surface area contributed by atoms with Crippen molar-refractivity contribution in [1.29, 1.82) is 0 Å². The molecule has 0 saturated heterocycles. The third kappa shape index (κ3) is 6.62. The van der Waals surface area contributed by atoms with E-state index >= 15 is 0 Å². The van der Waals surface area contributed by atoms with Crippen molar-refractivity contribution in [2.75, 3.05) is 0 Å². The third-order valence-corrected chi connectivity index (χ3v) is 1.48. The van der Waals surface area contributed by atoms with Crippen LogP contribution in [0.15, 0.2) is 0 Å². The van der Waals surface area contributed by atoms with Gasteiger partial charge in [0, 0.05) is 12.8 Å². The molecule has 0 aromatic carbocycles. The minimum Gasteiger partial charge on any atom is -0.400 e. The molecular formula is C9H16F2O3. The van der Waals surface area contributed by atoms with E-state index in [1.807, 2.05) is 0 Å². The van der Waals surface area contributed by atoms with Crippen LogP contribution in [0.3, 0.4) is 0 Å². The number of hydrogen-bond acceptors (Lipinski definition) is 3. The molecule has 3 nitrogen and oxygen atoms in total. The molecule has 0 spiro atoms. The first kappa shape index (κ1) is 13.1. The second-order valence-corrected chi connectivity index (χ2v) is 2.88. The summed E-state index contributed by atoms with van der Waals surface area (Å²) in [6.07, 6.45) is -3.42. The molecule has 0 saturated carbocycles. The van der Waals surface area contributed by atoms with Gasteiger partial charge < -0.3 is 9.47 Å². The summed E-state index contributed by atoms with van der Waals surface area (Å²) in [4.78, 5) is 10.7. The maximum atomic E-state index is 12.6. The number of rotatable bonds is 6. The van der Waals surface area contributed by atoms with Gasteiger partial charge >= 0.3 is 6.16 Å². The summed E-state index contributed by atoms with van der Waals surface area (Å²) in [6.45, 7) is 3.49. The van der Waals surface area contributed by atoms with Crippen molar-refractivity contribution in [1.82, 2.24) is 0 Å².